The highest BCUT2D eigenvalue weighted by Gasteiger charge is 2.26. The molecule has 2 rings (SSSR count). The maximum Gasteiger partial charge on any atom is 0.408 e. The van der Waals surface area contributed by atoms with Gasteiger partial charge in [-0.25, -0.2) is 14.4 Å². The highest BCUT2D eigenvalue weighted by molar-refractivity contribution is 5.87. The number of ether oxygens (including phenoxy) is 2. The van der Waals surface area contributed by atoms with Crippen molar-refractivity contribution in [3.63, 3.8) is 0 Å². The van der Waals surface area contributed by atoms with Gasteiger partial charge in [-0.2, -0.15) is 0 Å². The summed E-state index contributed by atoms with van der Waals surface area (Å²) < 4.78 is 16.3. The lowest BCUT2D eigenvalue weighted by molar-refractivity contribution is -0.137. The topological polar surface area (TPSA) is 94.8 Å². The summed E-state index contributed by atoms with van der Waals surface area (Å²) in [4.78, 5) is 36.9. The molecule has 1 aromatic carbocycles. The Balaban J connectivity index is 2.28. The second kappa shape index (κ2) is 10.5. The van der Waals surface area contributed by atoms with E-state index in [1.807, 2.05) is 6.92 Å². The monoisotopic (exact) mass is 431 g/mol. The zero-order valence-electron chi connectivity index (χ0n) is 19.3. The molecule has 0 aliphatic rings. The molecule has 0 radical (unpaired) electrons. The third-order valence-corrected chi connectivity index (χ3v) is 4.76. The van der Waals surface area contributed by atoms with Crippen LogP contribution in [0.1, 0.15) is 71.4 Å². The van der Waals surface area contributed by atoms with Crippen molar-refractivity contribution < 1.29 is 23.5 Å². The zero-order valence-corrected chi connectivity index (χ0v) is 19.3. The molecule has 0 bridgehead atoms. The van der Waals surface area contributed by atoms with E-state index in [1.54, 1.807) is 39.8 Å². The lowest BCUT2D eigenvalue weighted by Gasteiger charge is -2.23. The highest BCUT2D eigenvalue weighted by atomic mass is 16.6. The molecule has 7 heteroatoms. The SMILES string of the molecule is CCCCc1cc(=O)oc2c(C)c(OC(=O)C(CCC)NC(=O)OC(C)(C)C)ccc12. The third-order valence-electron chi connectivity index (χ3n) is 4.76. The molecular formula is C24H33NO6. The van der Waals surface area contributed by atoms with Crippen LogP contribution in [0.25, 0.3) is 11.0 Å². The second-order valence-corrected chi connectivity index (χ2v) is 8.67. The summed E-state index contributed by atoms with van der Waals surface area (Å²) in [5.74, 6) is -0.306. The lowest BCUT2D eigenvalue weighted by atomic mass is 10.0. The Morgan fingerprint density at radius 1 is 1.16 bits per heavy atom. The van der Waals surface area contributed by atoms with Gasteiger partial charge >= 0.3 is 17.7 Å². The number of carbonyl (C=O) groups excluding carboxylic acids is 2. The van der Waals surface area contributed by atoms with Crippen molar-refractivity contribution in [3.8, 4) is 5.75 Å². The summed E-state index contributed by atoms with van der Waals surface area (Å²) in [6.45, 7) is 11.0. The summed E-state index contributed by atoms with van der Waals surface area (Å²) >= 11 is 0. The number of carbonyl (C=O) groups is 2. The van der Waals surface area contributed by atoms with Gasteiger partial charge < -0.3 is 19.2 Å². The summed E-state index contributed by atoms with van der Waals surface area (Å²) in [6, 6.07) is 4.17. The number of benzene rings is 1. The van der Waals surface area contributed by atoms with Crippen LogP contribution in [0.15, 0.2) is 27.4 Å². The van der Waals surface area contributed by atoms with Gasteiger partial charge in [0.25, 0.3) is 0 Å². The minimum atomic E-state index is -0.849. The minimum absolute atomic E-state index is 0.292. The van der Waals surface area contributed by atoms with E-state index >= 15 is 0 Å². The molecule has 0 spiro atoms. The molecule has 1 N–H and O–H groups in total. The van der Waals surface area contributed by atoms with Crippen molar-refractivity contribution in [1.82, 2.24) is 5.32 Å². The Labute approximate surface area is 183 Å². The van der Waals surface area contributed by atoms with Crippen molar-refractivity contribution in [3.05, 3.63) is 39.7 Å². The van der Waals surface area contributed by atoms with Gasteiger partial charge in [0.15, 0.2) is 0 Å². The molecule has 1 atom stereocenters. The Morgan fingerprint density at radius 3 is 2.48 bits per heavy atom. The number of esters is 1. The van der Waals surface area contributed by atoms with Crippen LogP contribution in [0, 0.1) is 6.92 Å². The Morgan fingerprint density at radius 2 is 1.87 bits per heavy atom. The van der Waals surface area contributed by atoms with Crippen molar-refractivity contribution in [2.75, 3.05) is 0 Å². The van der Waals surface area contributed by atoms with Crippen LogP contribution in [0.4, 0.5) is 4.79 Å². The Bertz CT molecular complexity index is 986. The van der Waals surface area contributed by atoms with Gasteiger partial charge in [-0.1, -0.05) is 26.7 Å². The second-order valence-electron chi connectivity index (χ2n) is 8.67. The average molecular weight is 432 g/mol. The number of hydrogen-bond donors (Lipinski definition) is 1. The van der Waals surface area contributed by atoms with Crippen molar-refractivity contribution in [1.29, 1.82) is 0 Å². The van der Waals surface area contributed by atoms with Crippen LogP contribution in [0.2, 0.25) is 0 Å². The number of hydrogen-bond acceptors (Lipinski definition) is 6. The van der Waals surface area contributed by atoms with Gasteiger partial charge in [0.2, 0.25) is 0 Å². The third kappa shape index (κ3) is 6.84. The zero-order chi connectivity index (χ0) is 23.2. The van der Waals surface area contributed by atoms with E-state index in [-0.39, 0.29) is 0 Å². The molecule has 1 aromatic heterocycles. The summed E-state index contributed by atoms with van der Waals surface area (Å²) in [5.41, 5.74) is 0.794. The van der Waals surface area contributed by atoms with E-state index in [9.17, 15) is 14.4 Å². The van der Waals surface area contributed by atoms with Crippen LogP contribution in [0.5, 0.6) is 5.75 Å². The van der Waals surface area contributed by atoms with Crippen LogP contribution >= 0.6 is 0 Å². The predicted octanol–water partition coefficient (Wildman–Crippen LogP) is 5.04. The molecule has 170 valence electrons. The fraction of sp³-hybridized carbons (Fsp3) is 0.542. The number of fused-ring (bicyclic) bond motifs is 1. The number of amides is 1. The van der Waals surface area contributed by atoms with E-state index in [1.165, 1.54) is 6.07 Å². The fourth-order valence-corrected chi connectivity index (χ4v) is 3.26. The molecule has 0 saturated heterocycles. The first-order chi connectivity index (χ1) is 14.6. The number of aryl methyl sites for hydroxylation is 2. The Hall–Kier alpha value is -2.83. The molecule has 0 aliphatic heterocycles. The quantitative estimate of drug-likeness (QED) is 0.357. The number of alkyl carbamates (subject to hydrolysis) is 1. The summed E-state index contributed by atoms with van der Waals surface area (Å²) in [5, 5.41) is 3.42. The molecule has 1 amide bonds. The molecule has 31 heavy (non-hydrogen) atoms. The smallest absolute Gasteiger partial charge is 0.408 e. The first-order valence-corrected chi connectivity index (χ1v) is 10.8. The van der Waals surface area contributed by atoms with E-state index in [2.05, 4.69) is 12.2 Å². The van der Waals surface area contributed by atoms with E-state index < -0.39 is 29.3 Å². The van der Waals surface area contributed by atoms with Gasteiger partial charge in [-0.05, 0) is 64.7 Å². The van der Waals surface area contributed by atoms with E-state index in [4.69, 9.17) is 13.9 Å². The first-order valence-electron chi connectivity index (χ1n) is 10.8. The molecule has 0 fully saturated rings. The Kier molecular flexibility index (Phi) is 8.25. The van der Waals surface area contributed by atoms with Gasteiger partial charge in [-0.3, -0.25) is 0 Å². The highest BCUT2D eigenvalue weighted by Crippen LogP contribution is 2.29. The van der Waals surface area contributed by atoms with Crippen molar-refractivity contribution >= 4 is 23.0 Å². The molecular weight excluding hydrogens is 398 g/mol. The summed E-state index contributed by atoms with van der Waals surface area (Å²) in [6.07, 6.45) is 3.14. The van der Waals surface area contributed by atoms with Crippen LogP contribution in [-0.4, -0.2) is 23.7 Å². The largest absolute Gasteiger partial charge is 0.444 e. The van der Waals surface area contributed by atoms with Crippen molar-refractivity contribution in [2.45, 2.75) is 85.3 Å². The molecule has 0 saturated carbocycles. The van der Waals surface area contributed by atoms with E-state index in [0.717, 1.165) is 30.2 Å². The number of nitrogens with one attached hydrogen (secondary N) is 1. The predicted molar refractivity (Wildman–Crippen MR) is 120 cm³/mol. The molecule has 0 aliphatic carbocycles. The summed E-state index contributed by atoms with van der Waals surface area (Å²) in [7, 11) is 0. The molecule has 2 aromatic rings. The first kappa shape index (κ1) is 24.4. The van der Waals surface area contributed by atoms with Crippen molar-refractivity contribution in [2.24, 2.45) is 0 Å². The van der Waals surface area contributed by atoms with Crippen LogP contribution < -0.4 is 15.7 Å². The van der Waals surface area contributed by atoms with Gasteiger partial charge in [0.05, 0.1) is 0 Å². The minimum Gasteiger partial charge on any atom is -0.444 e. The lowest BCUT2D eigenvalue weighted by Crippen LogP contribution is -2.45. The normalized spacial score (nSPS) is 12.5. The van der Waals surface area contributed by atoms with Gasteiger partial charge in [0.1, 0.15) is 23.0 Å². The molecule has 1 unspecified atom stereocenters. The van der Waals surface area contributed by atoms with Crippen LogP contribution in [0.3, 0.4) is 0 Å². The van der Waals surface area contributed by atoms with Crippen LogP contribution in [-0.2, 0) is 16.0 Å². The molecule has 1 heterocycles. The van der Waals surface area contributed by atoms with Gasteiger partial charge in [0, 0.05) is 17.0 Å². The molecule has 7 nitrogen and oxygen atoms in total. The van der Waals surface area contributed by atoms with E-state index in [0.29, 0.717) is 29.7 Å². The van der Waals surface area contributed by atoms with Gasteiger partial charge in [-0.15, -0.1) is 0 Å². The fourth-order valence-electron chi connectivity index (χ4n) is 3.26. The number of rotatable bonds is 8. The number of unbranched alkanes of at least 4 members (excludes halogenated alkanes) is 1. The average Bonchev–Trinajstić information content (AvgIpc) is 2.66. The maximum atomic E-state index is 12.8. The maximum absolute atomic E-state index is 12.8. The standard InChI is InChI=1S/C24H33NO6/c1-7-9-11-16-14-20(26)30-21-15(3)19(13-12-17(16)21)29-22(27)18(10-8-2)25-23(28)31-24(4,5)6/h12-14,18H,7-11H2,1-6H3,(H,25,28).